The van der Waals surface area contributed by atoms with Crippen LogP contribution in [0.1, 0.15) is 25.8 Å². The lowest BCUT2D eigenvalue weighted by Crippen LogP contribution is -2.34. The minimum Gasteiger partial charge on any atom is -0.379 e. The number of nitrogens with one attached hydrogen (secondary N) is 1. The van der Waals surface area contributed by atoms with Crippen LogP contribution in [-0.4, -0.2) is 32.8 Å². The molecule has 0 amide bonds. The average molecular weight is 280 g/mol. The third-order valence-corrected chi connectivity index (χ3v) is 3.74. The number of nitrogens with zero attached hydrogens (tertiary/aromatic N) is 1. The lowest BCUT2D eigenvalue weighted by atomic mass is 10.1. The van der Waals surface area contributed by atoms with Gasteiger partial charge in [0.1, 0.15) is 5.82 Å². The number of halogens is 1. The summed E-state index contributed by atoms with van der Waals surface area (Å²) in [4.78, 5) is 2.04. The highest BCUT2D eigenvalue weighted by Gasteiger charge is 2.24. The number of anilines is 1. The summed E-state index contributed by atoms with van der Waals surface area (Å²) in [6.45, 7) is 7.42. The molecule has 0 bridgehead atoms. The average Bonchev–Trinajstić information content (AvgIpc) is 2.91. The first-order chi connectivity index (χ1) is 9.59. The Morgan fingerprint density at radius 2 is 2.25 bits per heavy atom. The Morgan fingerprint density at radius 1 is 1.45 bits per heavy atom. The summed E-state index contributed by atoms with van der Waals surface area (Å²) in [7, 11) is 1.96. The number of rotatable bonds is 6. The summed E-state index contributed by atoms with van der Waals surface area (Å²) in [5, 5.41) is 3.39. The number of likely N-dealkylation sites (N-methyl/N-ethyl adjacent to an activating group) is 1. The minimum atomic E-state index is -0.150. The van der Waals surface area contributed by atoms with Crippen molar-refractivity contribution in [3.63, 3.8) is 0 Å². The zero-order chi connectivity index (χ0) is 14.5. The van der Waals surface area contributed by atoms with E-state index < -0.39 is 0 Å². The molecular formula is C16H25FN2O. The lowest BCUT2D eigenvalue weighted by molar-refractivity contribution is 0.193. The van der Waals surface area contributed by atoms with Gasteiger partial charge < -0.3 is 15.0 Å². The molecule has 112 valence electrons. The smallest absolute Gasteiger partial charge is 0.146 e. The van der Waals surface area contributed by atoms with Crippen LogP contribution in [-0.2, 0) is 11.3 Å². The molecule has 1 aromatic rings. The van der Waals surface area contributed by atoms with Gasteiger partial charge in [0.15, 0.2) is 0 Å². The highest BCUT2D eigenvalue weighted by Crippen LogP contribution is 2.27. The molecule has 0 radical (unpaired) electrons. The molecule has 20 heavy (non-hydrogen) atoms. The van der Waals surface area contributed by atoms with Crippen molar-refractivity contribution in [1.29, 1.82) is 0 Å². The van der Waals surface area contributed by atoms with E-state index in [4.69, 9.17) is 4.74 Å². The monoisotopic (exact) mass is 280 g/mol. The van der Waals surface area contributed by atoms with Gasteiger partial charge in [-0.05, 0) is 30.5 Å². The molecule has 1 N–H and O–H groups in total. The van der Waals surface area contributed by atoms with Gasteiger partial charge in [0.2, 0.25) is 0 Å². The quantitative estimate of drug-likeness (QED) is 0.867. The maximum absolute atomic E-state index is 14.2. The molecule has 1 unspecified atom stereocenters. The molecule has 0 aliphatic carbocycles. The summed E-state index contributed by atoms with van der Waals surface area (Å²) >= 11 is 0. The van der Waals surface area contributed by atoms with Crippen LogP contribution in [0, 0.1) is 11.7 Å². The molecule has 1 aromatic carbocycles. The highest BCUT2D eigenvalue weighted by molar-refractivity contribution is 5.55. The molecule has 1 aliphatic heterocycles. The molecule has 0 aromatic heterocycles. The number of hydrogen-bond acceptors (Lipinski definition) is 3. The fraction of sp³-hybridized carbons (Fsp3) is 0.625. The molecule has 3 nitrogen and oxygen atoms in total. The first kappa shape index (κ1) is 15.3. The van der Waals surface area contributed by atoms with E-state index >= 15 is 0 Å². The summed E-state index contributed by atoms with van der Waals surface area (Å²) in [6.07, 6.45) is 0.962. The van der Waals surface area contributed by atoms with Crippen LogP contribution in [0.25, 0.3) is 0 Å². The SMILES string of the molecule is CC(C)CNCc1cccc(F)c1N(C)C1CCOC1. The van der Waals surface area contributed by atoms with Gasteiger partial charge in [-0.25, -0.2) is 4.39 Å². The summed E-state index contributed by atoms with van der Waals surface area (Å²) in [5.41, 5.74) is 1.72. The number of ether oxygens (including phenoxy) is 1. The normalized spacial score (nSPS) is 18.8. The maximum atomic E-state index is 14.2. The number of para-hydroxylation sites is 1. The third-order valence-electron chi connectivity index (χ3n) is 3.74. The number of benzene rings is 1. The van der Waals surface area contributed by atoms with Gasteiger partial charge in [0.25, 0.3) is 0 Å². The zero-order valence-electron chi connectivity index (χ0n) is 12.7. The van der Waals surface area contributed by atoms with Crippen molar-refractivity contribution in [3.8, 4) is 0 Å². The fourth-order valence-corrected chi connectivity index (χ4v) is 2.60. The van der Waals surface area contributed by atoms with Crippen molar-refractivity contribution in [1.82, 2.24) is 5.32 Å². The maximum Gasteiger partial charge on any atom is 0.146 e. The molecule has 0 saturated carbocycles. The van der Waals surface area contributed by atoms with Crippen LogP contribution in [0.2, 0.25) is 0 Å². The summed E-state index contributed by atoms with van der Waals surface area (Å²) in [6, 6.07) is 5.59. The van der Waals surface area contributed by atoms with Crippen LogP contribution in [0.5, 0.6) is 0 Å². The van der Waals surface area contributed by atoms with Gasteiger partial charge in [0.05, 0.1) is 18.3 Å². The second-order valence-corrected chi connectivity index (χ2v) is 5.90. The van der Waals surface area contributed by atoms with E-state index in [0.29, 0.717) is 24.8 Å². The molecule has 2 rings (SSSR count). The summed E-state index contributed by atoms with van der Waals surface area (Å²) < 4.78 is 19.6. The first-order valence-electron chi connectivity index (χ1n) is 7.38. The lowest BCUT2D eigenvalue weighted by Gasteiger charge is -2.28. The van der Waals surface area contributed by atoms with Crippen molar-refractivity contribution in [3.05, 3.63) is 29.6 Å². The van der Waals surface area contributed by atoms with Crippen molar-refractivity contribution in [2.24, 2.45) is 5.92 Å². The molecule has 1 heterocycles. The Kier molecular flexibility index (Phi) is 5.38. The van der Waals surface area contributed by atoms with Gasteiger partial charge in [-0.2, -0.15) is 0 Å². The van der Waals surface area contributed by atoms with Crippen LogP contribution < -0.4 is 10.2 Å². The molecule has 1 atom stereocenters. The molecule has 4 heteroatoms. The van der Waals surface area contributed by atoms with Crippen molar-refractivity contribution < 1.29 is 9.13 Å². The highest BCUT2D eigenvalue weighted by atomic mass is 19.1. The van der Waals surface area contributed by atoms with E-state index in [2.05, 4.69) is 19.2 Å². The molecular weight excluding hydrogens is 255 g/mol. The second kappa shape index (κ2) is 7.04. The van der Waals surface area contributed by atoms with Gasteiger partial charge in [0, 0.05) is 20.2 Å². The van der Waals surface area contributed by atoms with Gasteiger partial charge in [-0.3, -0.25) is 0 Å². The van der Waals surface area contributed by atoms with Crippen molar-refractivity contribution in [2.45, 2.75) is 32.9 Å². The van der Waals surface area contributed by atoms with Gasteiger partial charge >= 0.3 is 0 Å². The Morgan fingerprint density at radius 3 is 2.90 bits per heavy atom. The minimum absolute atomic E-state index is 0.150. The standard InChI is InChI=1S/C16H25FN2O/c1-12(2)9-18-10-13-5-4-6-15(17)16(13)19(3)14-7-8-20-11-14/h4-6,12,14,18H,7-11H2,1-3H3. The van der Waals surface area contributed by atoms with Gasteiger partial charge in [-0.15, -0.1) is 0 Å². The van der Waals surface area contributed by atoms with Gasteiger partial charge in [-0.1, -0.05) is 26.0 Å². The van der Waals surface area contributed by atoms with Crippen molar-refractivity contribution >= 4 is 5.69 Å². The van der Waals surface area contributed by atoms with Crippen LogP contribution in [0.3, 0.4) is 0 Å². The van der Waals surface area contributed by atoms with E-state index in [1.807, 2.05) is 18.0 Å². The first-order valence-corrected chi connectivity index (χ1v) is 7.38. The second-order valence-electron chi connectivity index (χ2n) is 5.90. The van der Waals surface area contributed by atoms with E-state index in [9.17, 15) is 4.39 Å². The van der Waals surface area contributed by atoms with Crippen LogP contribution in [0.4, 0.5) is 10.1 Å². The molecule has 0 spiro atoms. The Hall–Kier alpha value is -1.13. The van der Waals surface area contributed by atoms with Crippen LogP contribution in [0.15, 0.2) is 18.2 Å². The van der Waals surface area contributed by atoms with Crippen LogP contribution >= 0.6 is 0 Å². The Bertz CT molecular complexity index is 430. The number of hydrogen-bond donors (Lipinski definition) is 1. The van der Waals surface area contributed by atoms with E-state index in [1.165, 1.54) is 6.07 Å². The molecule has 1 aliphatic rings. The molecule has 1 fully saturated rings. The summed E-state index contributed by atoms with van der Waals surface area (Å²) in [5.74, 6) is 0.441. The predicted molar refractivity (Wildman–Crippen MR) is 80.6 cm³/mol. The van der Waals surface area contributed by atoms with E-state index in [1.54, 1.807) is 6.07 Å². The molecule has 1 saturated heterocycles. The largest absolute Gasteiger partial charge is 0.379 e. The third kappa shape index (κ3) is 3.70. The Balaban J connectivity index is 2.12. The zero-order valence-corrected chi connectivity index (χ0v) is 12.7. The van der Waals surface area contributed by atoms with E-state index in [0.717, 1.165) is 25.1 Å². The van der Waals surface area contributed by atoms with Crippen molar-refractivity contribution in [2.75, 3.05) is 31.7 Å². The van der Waals surface area contributed by atoms with E-state index in [-0.39, 0.29) is 11.9 Å². The Labute approximate surface area is 121 Å². The topological polar surface area (TPSA) is 24.5 Å². The fourth-order valence-electron chi connectivity index (χ4n) is 2.60. The predicted octanol–water partition coefficient (Wildman–Crippen LogP) is 2.80.